The molecule has 0 aliphatic heterocycles. The van der Waals surface area contributed by atoms with Gasteiger partial charge in [0, 0.05) is 18.1 Å². The molecule has 21 heavy (non-hydrogen) atoms. The molecule has 5 heteroatoms. The summed E-state index contributed by atoms with van der Waals surface area (Å²) in [6, 6.07) is 7.97. The van der Waals surface area contributed by atoms with Crippen LogP contribution >= 0.6 is 34.2 Å². The largest absolute Gasteiger partial charge is 0.380 e. The van der Waals surface area contributed by atoms with E-state index < -0.39 is 0 Å². The van der Waals surface area contributed by atoms with E-state index in [1.165, 1.54) is 0 Å². The number of benzene rings is 1. The fraction of sp³-hybridized carbons (Fsp3) is 0.375. The predicted molar refractivity (Wildman–Crippen MR) is 94.6 cm³/mol. The summed E-state index contributed by atoms with van der Waals surface area (Å²) >= 11 is 8.52. The molecule has 0 fully saturated rings. The third-order valence-electron chi connectivity index (χ3n) is 3.08. The average molecular weight is 417 g/mol. The van der Waals surface area contributed by atoms with Gasteiger partial charge in [-0.2, -0.15) is 0 Å². The molecule has 0 radical (unpaired) electrons. The van der Waals surface area contributed by atoms with E-state index in [0.717, 1.165) is 20.4 Å². The third-order valence-corrected chi connectivity index (χ3v) is 4.69. The highest BCUT2D eigenvalue weighted by atomic mass is 127. The lowest BCUT2D eigenvalue weighted by Gasteiger charge is -2.21. The highest BCUT2D eigenvalue weighted by molar-refractivity contribution is 14.1. The first-order valence-corrected chi connectivity index (χ1v) is 8.11. The minimum absolute atomic E-state index is 0.0892. The van der Waals surface area contributed by atoms with Gasteiger partial charge in [-0.25, -0.2) is 9.97 Å². The number of aromatic nitrogens is 2. The van der Waals surface area contributed by atoms with Crippen molar-refractivity contribution in [2.24, 2.45) is 0 Å². The van der Waals surface area contributed by atoms with Crippen molar-refractivity contribution in [1.29, 1.82) is 0 Å². The van der Waals surface area contributed by atoms with Crippen molar-refractivity contribution in [2.45, 2.75) is 32.8 Å². The van der Waals surface area contributed by atoms with Crippen LogP contribution in [0.5, 0.6) is 0 Å². The van der Waals surface area contributed by atoms with Gasteiger partial charge in [-0.15, -0.1) is 0 Å². The zero-order valence-corrected chi connectivity index (χ0v) is 15.5. The fourth-order valence-electron chi connectivity index (χ4n) is 2.06. The molecule has 2 rings (SSSR count). The van der Waals surface area contributed by atoms with E-state index in [1.807, 2.05) is 24.3 Å². The highest BCUT2D eigenvalue weighted by Gasteiger charge is 2.23. The van der Waals surface area contributed by atoms with Crippen LogP contribution in [0.3, 0.4) is 0 Å². The molecule has 0 N–H and O–H groups in total. The lowest BCUT2D eigenvalue weighted by molar-refractivity contribution is 0.185. The molecule has 2 aromatic rings. The minimum atomic E-state index is -0.0892. The van der Waals surface area contributed by atoms with Crippen molar-refractivity contribution in [3.05, 3.63) is 44.2 Å². The van der Waals surface area contributed by atoms with Crippen molar-refractivity contribution < 1.29 is 4.74 Å². The van der Waals surface area contributed by atoms with Crippen LogP contribution in [0.4, 0.5) is 0 Å². The molecular weight excluding hydrogens is 399 g/mol. The number of rotatable bonds is 3. The molecule has 0 aliphatic rings. The van der Waals surface area contributed by atoms with Crippen molar-refractivity contribution >= 4 is 34.2 Å². The normalized spacial score (nSPS) is 11.7. The van der Waals surface area contributed by atoms with Crippen molar-refractivity contribution in [3.63, 3.8) is 0 Å². The number of ether oxygens (including phenoxy) is 1. The summed E-state index contributed by atoms with van der Waals surface area (Å²) in [5, 5.41) is 0.498. The molecule has 1 aromatic heterocycles. The Morgan fingerprint density at radius 3 is 2.48 bits per heavy atom. The topological polar surface area (TPSA) is 35.0 Å². The Kier molecular flexibility index (Phi) is 5.22. The van der Waals surface area contributed by atoms with Gasteiger partial charge in [-0.05, 0) is 28.2 Å². The molecule has 0 saturated carbocycles. The summed E-state index contributed by atoms with van der Waals surface area (Å²) in [5.74, 6) is 0.651. The molecule has 1 aromatic carbocycles. The van der Waals surface area contributed by atoms with E-state index in [9.17, 15) is 0 Å². The zero-order valence-electron chi connectivity index (χ0n) is 12.6. The Bertz CT molecular complexity index is 653. The fourth-order valence-corrected chi connectivity index (χ4v) is 3.28. The number of nitrogens with zero attached hydrogens (tertiary/aromatic N) is 2. The van der Waals surface area contributed by atoms with Gasteiger partial charge in [0.25, 0.3) is 0 Å². The van der Waals surface area contributed by atoms with Crippen LogP contribution in [0.25, 0.3) is 11.4 Å². The molecule has 0 spiro atoms. The van der Waals surface area contributed by atoms with Crippen LogP contribution in [-0.4, -0.2) is 17.1 Å². The van der Waals surface area contributed by atoms with Crippen molar-refractivity contribution in [1.82, 2.24) is 9.97 Å². The lowest BCUT2D eigenvalue weighted by atomic mass is 9.92. The first-order chi connectivity index (χ1) is 9.84. The summed E-state index contributed by atoms with van der Waals surface area (Å²) in [6.07, 6.45) is 0. The van der Waals surface area contributed by atoms with E-state index in [4.69, 9.17) is 21.3 Å². The second-order valence-corrected chi connectivity index (χ2v) is 7.28. The number of methoxy groups -OCH3 is 1. The zero-order chi connectivity index (χ0) is 15.6. The van der Waals surface area contributed by atoms with Crippen molar-refractivity contribution in [2.75, 3.05) is 7.11 Å². The Morgan fingerprint density at radius 1 is 1.19 bits per heavy atom. The van der Waals surface area contributed by atoms with Crippen LogP contribution in [0.15, 0.2) is 24.3 Å². The predicted octanol–water partition coefficient (Wildman–Crippen LogP) is 4.85. The highest BCUT2D eigenvalue weighted by Crippen LogP contribution is 2.32. The Hall–Kier alpha value is -0.720. The summed E-state index contributed by atoms with van der Waals surface area (Å²) in [7, 11) is 1.68. The number of halogens is 2. The van der Waals surface area contributed by atoms with Crippen LogP contribution < -0.4 is 0 Å². The molecular formula is C16H18ClIN2O. The standard InChI is InChI=1S/C16H18ClIN2O/c1-16(2,3)13-12(18)14(17)20-15(19-13)11-8-6-5-7-10(11)9-21-4/h5-8H,9H2,1-4H3. The van der Waals surface area contributed by atoms with E-state index in [0.29, 0.717) is 17.6 Å². The van der Waals surface area contributed by atoms with Crippen molar-refractivity contribution in [3.8, 4) is 11.4 Å². The Balaban J connectivity index is 2.63. The summed E-state index contributed by atoms with van der Waals surface area (Å²) in [4.78, 5) is 9.21. The van der Waals surface area contributed by atoms with Crippen LogP contribution in [-0.2, 0) is 16.8 Å². The minimum Gasteiger partial charge on any atom is -0.380 e. The average Bonchev–Trinajstić information content (AvgIpc) is 2.41. The maximum atomic E-state index is 6.31. The SMILES string of the molecule is COCc1ccccc1-c1nc(Cl)c(I)c(C(C)(C)C)n1. The van der Waals surface area contributed by atoms with E-state index in [-0.39, 0.29) is 5.41 Å². The smallest absolute Gasteiger partial charge is 0.161 e. The molecule has 0 saturated heterocycles. The third kappa shape index (κ3) is 3.73. The van der Waals surface area contributed by atoms with E-state index in [1.54, 1.807) is 7.11 Å². The van der Waals surface area contributed by atoms with Gasteiger partial charge >= 0.3 is 0 Å². The Labute approximate surface area is 144 Å². The second-order valence-electron chi connectivity index (χ2n) is 5.84. The molecule has 3 nitrogen and oxygen atoms in total. The van der Waals surface area contributed by atoms with Gasteiger partial charge < -0.3 is 4.74 Å². The van der Waals surface area contributed by atoms with Gasteiger partial charge in [-0.1, -0.05) is 56.6 Å². The van der Waals surface area contributed by atoms with Crippen LogP contribution in [0.1, 0.15) is 32.0 Å². The molecule has 0 atom stereocenters. The van der Waals surface area contributed by atoms with Gasteiger partial charge in [-0.3, -0.25) is 0 Å². The first-order valence-electron chi connectivity index (χ1n) is 6.65. The van der Waals surface area contributed by atoms with E-state index >= 15 is 0 Å². The maximum Gasteiger partial charge on any atom is 0.161 e. The maximum absolute atomic E-state index is 6.31. The lowest BCUT2D eigenvalue weighted by Crippen LogP contribution is -2.17. The monoisotopic (exact) mass is 416 g/mol. The van der Waals surface area contributed by atoms with Gasteiger partial charge in [0.1, 0.15) is 5.15 Å². The summed E-state index contributed by atoms with van der Waals surface area (Å²) < 4.78 is 6.16. The number of hydrogen-bond donors (Lipinski definition) is 0. The Morgan fingerprint density at radius 2 is 1.86 bits per heavy atom. The molecule has 112 valence electrons. The van der Waals surface area contributed by atoms with Gasteiger partial charge in [0.15, 0.2) is 5.82 Å². The van der Waals surface area contributed by atoms with Crippen LogP contribution in [0, 0.1) is 3.57 Å². The summed E-state index contributed by atoms with van der Waals surface area (Å²) in [5.41, 5.74) is 2.89. The molecule has 0 aliphatic carbocycles. The first kappa shape index (κ1) is 16.6. The molecule has 0 bridgehead atoms. The van der Waals surface area contributed by atoms with Gasteiger partial charge in [0.05, 0.1) is 15.9 Å². The second kappa shape index (κ2) is 6.58. The number of hydrogen-bond acceptors (Lipinski definition) is 3. The molecule has 0 amide bonds. The summed E-state index contributed by atoms with van der Waals surface area (Å²) in [6.45, 7) is 6.89. The quantitative estimate of drug-likeness (QED) is 0.530. The van der Waals surface area contributed by atoms with Gasteiger partial charge in [0.2, 0.25) is 0 Å². The molecule has 1 heterocycles. The van der Waals surface area contributed by atoms with E-state index in [2.05, 4.69) is 48.3 Å². The van der Waals surface area contributed by atoms with Crippen LogP contribution in [0.2, 0.25) is 5.15 Å². The molecule has 0 unspecified atom stereocenters.